The number of carbonyl (C=O) groups is 1. The highest BCUT2D eigenvalue weighted by molar-refractivity contribution is 5.73. The molecule has 0 saturated carbocycles. The van der Waals surface area contributed by atoms with Gasteiger partial charge in [-0.1, -0.05) is 26.2 Å². The van der Waals surface area contributed by atoms with E-state index in [9.17, 15) is 4.79 Å². The van der Waals surface area contributed by atoms with E-state index < -0.39 is 0 Å². The Bertz CT molecular complexity index is 137. The molecule has 0 atom stereocenters. The number of hydrogen-bond acceptors (Lipinski definition) is 1. The van der Waals surface area contributed by atoms with Crippen LogP contribution in [0.2, 0.25) is 0 Å². The lowest BCUT2D eigenvalue weighted by atomic mass is 10.2. The van der Waals surface area contributed by atoms with E-state index in [0.717, 1.165) is 13.0 Å². The van der Waals surface area contributed by atoms with Crippen molar-refractivity contribution in [3.05, 3.63) is 0 Å². The van der Waals surface area contributed by atoms with Gasteiger partial charge in [0, 0.05) is 20.1 Å². The first-order valence-corrected chi connectivity index (χ1v) is 5.21. The third-order valence-electron chi connectivity index (χ3n) is 2.02. The molecule has 2 amide bonds. The average molecular weight is 186 g/mol. The number of nitrogens with one attached hydrogen (secondary N) is 1. The molecule has 0 heterocycles. The molecule has 0 unspecified atom stereocenters. The largest absolute Gasteiger partial charge is 0.338 e. The molecule has 0 aliphatic carbocycles. The van der Waals surface area contributed by atoms with Crippen molar-refractivity contribution in [1.29, 1.82) is 0 Å². The van der Waals surface area contributed by atoms with E-state index in [0.29, 0.717) is 6.54 Å². The lowest BCUT2D eigenvalue weighted by Gasteiger charge is -2.16. The lowest BCUT2D eigenvalue weighted by molar-refractivity contribution is 0.208. The van der Waals surface area contributed by atoms with E-state index in [1.807, 2.05) is 14.0 Å². The number of urea groups is 1. The van der Waals surface area contributed by atoms with E-state index in [4.69, 9.17) is 0 Å². The van der Waals surface area contributed by atoms with Gasteiger partial charge in [0.25, 0.3) is 0 Å². The van der Waals surface area contributed by atoms with Gasteiger partial charge >= 0.3 is 6.03 Å². The zero-order valence-corrected chi connectivity index (χ0v) is 9.10. The Balaban J connectivity index is 3.38. The quantitative estimate of drug-likeness (QED) is 0.634. The van der Waals surface area contributed by atoms with Crippen molar-refractivity contribution in [2.45, 2.75) is 39.5 Å². The molecule has 0 aromatic rings. The maximum atomic E-state index is 11.2. The molecule has 0 aliphatic heterocycles. The van der Waals surface area contributed by atoms with Gasteiger partial charge in [0.05, 0.1) is 0 Å². The highest BCUT2D eigenvalue weighted by atomic mass is 16.2. The number of amides is 2. The molecule has 0 radical (unpaired) electrons. The molecule has 0 bridgehead atoms. The Labute approximate surface area is 81.5 Å². The minimum atomic E-state index is 0.0407. The molecule has 3 nitrogen and oxygen atoms in total. The summed E-state index contributed by atoms with van der Waals surface area (Å²) in [6, 6.07) is 0.0407. The topological polar surface area (TPSA) is 32.3 Å². The maximum Gasteiger partial charge on any atom is 0.317 e. The number of unbranched alkanes of at least 4 members (excludes halogenated alkanes) is 3. The molecule has 0 fully saturated rings. The van der Waals surface area contributed by atoms with Gasteiger partial charge in [-0.3, -0.25) is 0 Å². The number of rotatable bonds is 6. The summed E-state index contributed by atoms with van der Waals surface area (Å²) in [4.78, 5) is 13.0. The van der Waals surface area contributed by atoms with Crippen LogP contribution in [0.3, 0.4) is 0 Å². The molecule has 1 N–H and O–H groups in total. The fraction of sp³-hybridized carbons (Fsp3) is 0.900. The van der Waals surface area contributed by atoms with Crippen LogP contribution < -0.4 is 5.32 Å². The highest BCUT2D eigenvalue weighted by Crippen LogP contribution is 1.99. The van der Waals surface area contributed by atoms with E-state index in [2.05, 4.69) is 12.2 Å². The van der Waals surface area contributed by atoms with Crippen molar-refractivity contribution in [2.24, 2.45) is 0 Å². The molecule has 3 heteroatoms. The average Bonchev–Trinajstić information content (AvgIpc) is 2.12. The van der Waals surface area contributed by atoms with Crippen LogP contribution in [0.25, 0.3) is 0 Å². The van der Waals surface area contributed by atoms with E-state index in [-0.39, 0.29) is 6.03 Å². The fourth-order valence-electron chi connectivity index (χ4n) is 1.16. The summed E-state index contributed by atoms with van der Waals surface area (Å²) in [6.07, 6.45) is 4.84. The van der Waals surface area contributed by atoms with Crippen LogP contribution >= 0.6 is 0 Å². The summed E-state index contributed by atoms with van der Waals surface area (Å²) < 4.78 is 0. The molecule has 0 spiro atoms. The molecule has 78 valence electrons. The monoisotopic (exact) mass is 186 g/mol. The van der Waals surface area contributed by atoms with Crippen LogP contribution in [-0.2, 0) is 0 Å². The van der Waals surface area contributed by atoms with E-state index in [1.54, 1.807) is 4.90 Å². The lowest BCUT2D eigenvalue weighted by Crippen LogP contribution is -2.37. The first kappa shape index (κ1) is 12.3. The Morgan fingerprint density at radius 3 is 2.46 bits per heavy atom. The van der Waals surface area contributed by atoms with Gasteiger partial charge in [-0.05, 0) is 13.3 Å². The van der Waals surface area contributed by atoms with Crippen LogP contribution in [-0.4, -0.2) is 31.1 Å². The number of nitrogens with zero attached hydrogens (tertiary/aromatic N) is 1. The van der Waals surface area contributed by atoms with Gasteiger partial charge in [-0.15, -0.1) is 0 Å². The predicted molar refractivity (Wildman–Crippen MR) is 55.8 cm³/mol. The first-order valence-electron chi connectivity index (χ1n) is 5.21. The number of hydrogen-bond donors (Lipinski definition) is 1. The molecular weight excluding hydrogens is 164 g/mol. The van der Waals surface area contributed by atoms with Crippen molar-refractivity contribution >= 4 is 6.03 Å². The molecular formula is C10H22N2O. The Kier molecular flexibility index (Phi) is 7.45. The summed E-state index contributed by atoms with van der Waals surface area (Å²) in [5.41, 5.74) is 0. The van der Waals surface area contributed by atoms with E-state index >= 15 is 0 Å². The Morgan fingerprint density at radius 2 is 1.92 bits per heavy atom. The third kappa shape index (κ3) is 6.43. The van der Waals surface area contributed by atoms with Crippen LogP contribution in [0.15, 0.2) is 0 Å². The molecule has 0 aromatic heterocycles. The number of carbonyl (C=O) groups excluding carboxylic acids is 1. The summed E-state index contributed by atoms with van der Waals surface area (Å²) >= 11 is 0. The Hall–Kier alpha value is -0.730. The minimum Gasteiger partial charge on any atom is -0.338 e. The van der Waals surface area contributed by atoms with Crippen molar-refractivity contribution < 1.29 is 4.79 Å². The zero-order valence-electron chi connectivity index (χ0n) is 9.10. The first-order chi connectivity index (χ1) is 6.22. The van der Waals surface area contributed by atoms with Crippen LogP contribution in [0.1, 0.15) is 39.5 Å². The molecule has 0 rings (SSSR count). The third-order valence-corrected chi connectivity index (χ3v) is 2.02. The second-order valence-electron chi connectivity index (χ2n) is 3.32. The summed E-state index contributed by atoms with van der Waals surface area (Å²) in [6.45, 7) is 5.69. The van der Waals surface area contributed by atoms with Gasteiger partial charge in [-0.2, -0.15) is 0 Å². The smallest absolute Gasteiger partial charge is 0.317 e. The van der Waals surface area contributed by atoms with E-state index in [1.165, 1.54) is 19.3 Å². The second kappa shape index (κ2) is 7.90. The standard InChI is InChI=1S/C10H22N2O/c1-4-6-7-8-9-12(3)10(13)11-5-2/h4-9H2,1-3H3,(H,11,13). The van der Waals surface area contributed by atoms with Gasteiger partial charge in [0.2, 0.25) is 0 Å². The van der Waals surface area contributed by atoms with Gasteiger partial charge in [0.1, 0.15) is 0 Å². The molecule has 0 aromatic carbocycles. The minimum absolute atomic E-state index is 0.0407. The van der Waals surface area contributed by atoms with Crippen molar-refractivity contribution in [2.75, 3.05) is 20.1 Å². The zero-order chi connectivity index (χ0) is 10.1. The SMILES string of the molecule is CCCCCCN(C)C(=O)NCC. The van der Waals surface area contributed by atoms with Gasteiger partial charge in [0.15, 0.2) is 0 Å². The summed E-state index contributed by atoms with van der Waals surface area (Å²) in [5, 5.41) is 2.77. The van der Waals surface area contributed by atoms with Crippen molar-refractivity contribution in [3.8, 4) is 0 Å². The molecule has 13 heavy (non-hydrogen) atoms. The van der Waals surface area contributed by atoms with Crippen LogP contribution in [0, 0.1) is 0 Å². The normalized spacial score (nSPS) is 9.77. The Morgan fingerprint density at radius 1 is 1.23 bits per heavy atom. The molecule has 0 aliphatic rings. The maximum absolute atomic E-state index is 11.2. The second-order valence-corrected chi connectivity index (χ2v) is 3.32. The predicted octanol–water partition coefficient (Wildman–Crippen LogP) is 2.23. The highest BCUT2D eigenvalue weighted by Gasteiger charge is 2.04. The van der Waals surface area contributed by atoms with Crippen molar-refractivity contribution in [1.82, 2.24) is 10.2 Å². The summed E-state index contributed by atoms with van der Waals surface area (Å²) in [5.74, 6) is 0. The van der Waals surface area contributed by atoms with Crippen LogP contribution in [0.4, 0.5) is 4.79 Å². The molecule has 0 saturated heterocycles. The summed E-state index contributed by atoms with van der Waals surface area (Å²) in [7, 11) is 1.84. The van der Waals surface area contributed by atoms with Gasteiger partial charge < -0.3 is 10.2 Å². The fourth-order valence-corrected chi connectivity index (χ4v) is 1.16. The van der Waals surface area contributed by atoms with Crippen LogP contribution in [0.5, 0.6) is 0 Å². The van der Waals surface area contributed by atoms with Crippen molar-refractivity contribution in [3.63, 3.8) is 0 Å². The van der Waals surface area contributed by atoms with Gasteiger partial charge in [-0.25, -0.2) is 4.79 Å².